The van der Waals surface area contributed by atoms with E-state index in [9.17, 15) is 4.39 Å². The zero-order valence-corrected chi connectivity index (χ0v) is 11.3. The van der Waals surface area contributed by atoms with E-state index < -0.39 is 5.38 Å². The lowest BCUT2D eigenvalue weighted by molar-refractivity contribution is 0.408. The predicted molar refractivity (Wildman–Crippen MR) is 67.1 cm³/mol. The van der Waals surface area contributed by atoms with Gasteiger partial charge in [-0.15, -0.1) is 11.6 Å². The van der Waals surface area contributed by atoms with Crippen LogP contribution in [0.4, 0.5) is 4.39 Å². The van der Waals surface area contributed by atoms with Crippen LogP contribution in [-0.4, -0.2) is 7.11 Å². The number of benzene rings is 1. The van der Waals surface area contributed by atoms with Gasteiger partial charge in [-0.3, -0.25) is 0 Å². The fourth-order valence-electron chi connectivity index (χ4n) is 1.56. The van der Waals surface area contributed by atoms with Crippen molar-refractivity contribution in [3.63, 3.8) is 0 Å². The number of hydrogen-bond acceptors (Lipinski definition) is 2. The predicted octanol–water partition coefficient (Wildman–Crippen LogP) is 4.52. The van der Waals surface area contributed by atoms with Gasteiger partial charge in [-0.25, -0.2) is 4.39 Å². The fourth-order valence-corrected chi connectivity index (χ4v) is 2.50. The van der Waals surface area contributed by atoms with Crippen LogP contribution in [0.15, 0.2) is 39.6 Å². The lowest BCUT2D eigenvalue weighted by atomic mass is 10.1. The van der Waals surface area contributed by atoms with Crippen LogP contribution < -0.4 is 4.74 Å². The van der Waals surface area contributed by atoms with Crippen molar-refractivity contribution in [1.82, 2.24) is 0 Å². The molecule has 5 heteroatoms. The normalized spacial score (nSPS) is 12.5. The van der Waals surface area contributed by atoms with Crippen molar-refractivity contribution in [3.8, 4) is 5.75 Å². The summed E-state index contributed by atoms with van der Waals surface area (Å²) in [4.78, 5) is 0. The maximum atomic E-state index is 13.2. The maximum absolute atomic E-state index is 13.2. The third-order valence-electron chi connectivity index (χ3n) is 2.38. The first-order chi connectivity index (χ1) is 8.13. The van der Waals surface area contributed by atoms with Crippen LogP contribution >= 0.6 is 27.5 Å². The molecule has 0 saturated heterocycles. The van der Waals surface area contributed by atoms with E-state index in [2.05, 4.69) is 15.9 Å². The molecule has 0 aliphatic heterocycles. The topological polar surface area (TPSA) is 22.4 Å². The minimum Gasteiger partial charge on any atom is -0.496 e. The first kappa shape index (κ1) is 12.5. The highest BCUT2D eigenvalue weighted by molar-refractivity contribution is 9.10. The van der Waals surface area contributed by atoms with Crippen LogP contribution in [-0.2, 0) is 0 Å². The molecule has 0 aliphatic rings. The van der Waals surface area contributed by atoms with E-state index in [4.69, 9.17) is 20.8 Å². The lowest BCUT2D eigenvalue weighted by Crippen LogP contribution is -1.98. The molecular weight excluding hydrogens is 310 g/mol. The maximum Gasteiger partial charge on any atom is 0.173 e. The second-order valence-electron chi connectivity index (χ2n) is 3.40. The van der Waals surface area contributed by atoms with E-state index in [1.807, 2.05) is 0 Å². The Balaban J connectivity index is 2.46. The Hall–Kier alpha value is -1.00. The third-order valence-corrected chi connectivity index (χ3v) is 3.50. The van der Waals surface area contributed by atoms with Crippen molar-refractivity contribution in [1.29, 1.82) is 0 Å². The Morgan fingerprint density at radius 1 is 1.35 bits per heavy atom. The summed E-state index contributed by atoms with van der Waals surface area (Å²) in [6.45, 7) is 0. The molecule has 17 heavy (non-hydrogen) atoms. The van der Waals surface area contributed by atoms with Crippen molar-refractivity contribution in [2.24, 2.45) is 0 Å². The summed E-state index contributed by atoms with van der Waals surface area (Å²) >= 11 is 9.54. The van der Waals surface area contributed by atoms with Crippen LogP contribution in [0.2, 0.25) is 0 Å². The Bertz CT molecular complexity index is 527. The molecule has 0 radical (unpaired) electrons. The van der Waals surface area contributed by atoms with Gasteiger partial charge in [0.05, 0.1) is 18.8 Å². The number of rotatable bonds is 3. The molecule has 2 aromatic rings. The molecule has 2 nitrogen and oxygen atoms in total. The highest BCUT2D eigenvalue weighted by Gasteiger charge is 2.20. The Morgan fingerprint density at radius 2 is 2.12 bits per heavy atom. The van der Waals surface area contributed by atoms with E-state index in [0.29, 0.717) is 16.0 Å². The number of furan rings is 1. The molecular formula is C12H9BrClFO2. The molecule has 0 aliphatic carbocycles. The molecule has 1 aromatic heterocycles. The molecule has 1 aromatic carbocycles. The minimum atomic E-state index is -0.534. The van der Waals surface area contributed by atoms with Gasteiger partial charge in [-0.2, -0.15) is 0 Å². The standard InChI is InChI=1S/C12H9BrClFO2/c1-16-10-3-2-7(15)6-9(10)11(14)8-4-5-17-12(8)13/h2-6,11H,1H3. The molecule has 0 spiro atoms. The van der Waals surface area contributed by atoms with Crippen LogP contribution in [0.5, 0.6) is 5.75 Å². The molecule has 1 heterocycles. The molecule has 0 amide bonds. The summed E-state index contributed by atoms with van der Waals surface area (Å²) in [5.41, 5.74) is 1.30. The third kappa shape index (κ3) is 2.48. The van der Waals surface area contributed by atoms with Crippen LogP contribution in [0, 0.1) is 5.82 Å². The Labute approximate surface area is 111 Å². The molecule has 0 fully saturated rings. The molecule has 0 bridgehead atoms. The van der Waals surface area contributed by atoms with E-state index in [1.165, 1.54) is 25.5 Å². The van der Waals surface area contributed by atoms with Gasteiger partial charge in [0, 0.05) is 11.1 Å². The van der Waals surface area contributed by atoms with Crippen LogP contribution in [0.3, 0.4) is 0 Å². The quantitative estimate of drug-likeness (QED) is 0.776. The number of hydrogen-bond donors (Lipinski definition) is 0. The summed E-state index contributed by atoms with van der Waals surface area (Å²) in [7, 11) is 1.52. The lowest BCUT2D eigenvalue weighted by Gasteiger charge is -2.13. The van der Waals surface area contributed by atoms with Gasteiger partial charge in [0.2, 0.25) is 0 Å². The minimum absolute atomic E-state index is 0.355. The van der Waals surface area contributed by atoms with E-state index in [1.54, 1.807) is 12.1 Å². The van der Waals surface area contributed by atoms with Gasteiger partial charge in [0.1, 0.15) is 11.6 Å². The average molecular weight is 320 g/mol. The molecule has 0 N–H and O–H groups in total. The van der Waals surface area contributed by atoms with Crippen molar-refractivity contribution in [2.45, 2.75) is 5.38 Å². The van der Waals surface area contributed by atoms with Crippen LogP contribution in [0.1, 0.15) is 16.5 Å². The summed E-state index contributed by atoms with van der Waals surface area (Å²) in [6, 6.07) is 5.96. The van der Waals surface area contributed by atoms with Crippen molar-refractivity contribution < 1.29 is 13.5 Å². The smallest absolute Gasteiger partial charge is 0.173 e. The van der Waals surface area contributed by atoms with Crippen LogP contribution in [0.25, 0.3) is 0 Å². The van der Waals surface area contributed by atoms with Gasteiger partial charge in [0.15, 0.2) is 4.67 Å². The van der Waals surface area contributed by atoms with Gasteiger partial charge < -0.3 is 9.15 Å². The highest BCUT2D eigenvalue weighted by atomic mass is 79.9. The average Bonchev–Trinajstić information content (AvgIpc) is 2.74. The first-order valence-electron chi connectivity index (χ1n) is 4.84. The highest BCUT2D eigenvalue weighted by Crippen LogP contribution is 2.38. The van der Waals surface area contributed by atoms with E-state index >= 15 is 0 Å². The SMILES string of the molecule is COc1ccc(F)cc1C(Cl)c1ccoc1Br. The molecule has 90 valence electrons. The van der Waals surface area contributed by atoms with E-state index in [0.717, 1.165) is 5.56 Å². The summed E-state index contributed by atoms with van der Waals surface area (Å²) in [5, 5.41) is -0.534. The number of halogens is 3. The fraction of sp³-hybridized carbons (Fsp3) is 0.167. The zero-order valence-electron chi connectivity index (χ0n) is 8.91. The summed E-state index contributed by atoms with van der Waals surface area (Å²) in [5.74, 6) is 0.186. The molecule has 1 unspecified atom stereocenters. The van der Waals surface area contributed by atoms with E-state index in [-0.39, 0.29) is 5.82 Å². The van der Waals surface area contributed by atoms with Crippen molar-refractivity contribution in [3.05, 3.63) is 52.1 Å². The monoisotopic (exact) mass is 318 g/mol. The van der Waals surface area contributed by atoms with Crippen molar-refractivity contribution >= 4 is 27.5 Å². The Morgan fingerprint density at radius 3 is 2.71 bits per heavy atom. The van der Waals surface area contributed by atoms with Gasteiger partial charge in [0.25, 0.3) is 0 Å². The van der Waals surface area contributed by atoms with Crippen molar-refractivity contribution in [2.75, 3.05) is 7.11 Å². The van der Waals surface area contributed by atoms with Gasteiger partial charge in [-0.1, -0.05) is 0 Å². The number of methoxy groups -OCH3 is 1. The summed E-state index contributed by atoms with van der Waals surface area (Å²) in [6.07, 6.45) is 1.51. The molecule has 1 atom stereocenters. The largest absolute Gasteiger partial charge is 0.496 e. The van der Waals surface area contributed by atoms with Gasteiger partial charge in [-0.05, 0) is 40.2 Å². The second-order valence-corrected chi connectivity index (χ2v) is 4.56. The zero-order chi connectivity index (χ0) is 12.4. The van der Waals surface area contributed by atoms with Gasteiger partial charge >= 0.3 is 0 Å². The molecule has 2 rings (SSSR count). The Kier molecular flexibility index (Phi) is 3.74. The molecule has 0 saturated carbocycles. The second kappa shape index (κ2) is 5.10. The first-order valence-corrected chi connectivity index (χ1v) is 6.07. The number of alkyl halides is 1. The number of ether oxygens (including phenoxy) is 1. The summed E-state index contributed by atoms with van der Waals surface area (Å²) < 4.78 is 24.0.